The van der Waals surface area contributed by atoms with Crippen LogP contribution in [0.1, 0.15) is 15.9 Å². The predicted molar refractivity (Wildman–Crippen MR) is 81.4 cm³/mol. The van der Waals surface area contributed by atoms with Gasteiger partial charge in [0.15, 0.2) is 0 Å². The molecule has 6 heteroatoms. The fraction of sp³-hybridized carbons (Fsp3) is 0.200. The number of rotatable bonds is 6. The van der Waals surface area contributed by atoms with Crippen LogP contribution < -0.4 is 10.1 Å². The molecule has 5 nitrogen and oxygen atoms in total. The van der Waals surface area contributed by atoms with E-state index in [1.54, 1.807) is 7.11 Å². The molecule has 0 unspecified atom stereocenters. The Morgan fingerprint density at radius 3 is 2.95 bits per heavy atom. The Morgan fingerprint density at radius 1 is 1.43 bits per heavy atom. The monoisotopic (exact) mass is 306 g/mol. The molecule has 0 atom stereocenters. The summed E-state index contributed by atoms with van der Waals surface area (Å²) in [5.41, 5.74) is 1.16. The van der Waals surface area contributed by atoms with Crippen LogP contribution in [0.15, 0.2) is 36.5 Å². The molecular formula is C15H15ClN2O3. The molecule has 110 valence electrons. The molecular weight excluding hydrogens is 292 g/mol. The molecule has 1 aromatic carbocycles. The molecule has 1 aromatic heterocycles. The maximum absolute atomic E-state index is 11.0. The summed E-state index contributed by atoms with van der Waals surface area (Å²) >= 11 is 5.77. The summed E-state index contributed by atoms with van der Waals surface area (Å²) in [6.45, 7) is 0.626. The SMILES string of the molecule is COc1cccc(CCNc2cc(C(=O)O)c(Cl)cn2)c1. The number of pyridine rings is 1. The van der Waals surface area contributed by atoms with Crippen molar-refractivity contribution in [2.75, 3.05) is 19.0 Å². The minimum atomic E-state index is -1.07. The number of halogens is 1. The van der Waals surface area contributed by atoms with Crippen LogP contribution in [0.25, 0.3) is 0 Å². The van der Waals surface area contributed by atoms with E-state index in [1.165, 1.54) is 12.3 Å². The summed E-state index contributed by atoms with van der Waals surface area (Å²) in [7, 11) is 1.63. The molecule has 0 radical (unpaired) electrons. The van der Waals surface area contributed by atoms with Gasteiger partial charge in [-0.1, -0.05) is 23.7 Å². The standard InChI is InChI=1S/C15H15ClN2O3/c1-21-11-4-2-3-10(7-11)5-6-17-14-8-12(15(19)20)13(16)9-18-14/h2-4,7-9H,5-6H2,1H3,(H,17,18)(H,19,20). The highest BCUT2D eigenvalue weighted by Gasteiger charge is 2.10. The molecule has 0 aliphatic carbocycles. The van der Waals surface area contributed by atoms with Gasteiger partial charge in [-0.2, -0.15) is 0 Å². The van der Waals surface area contributed by atoms with Gasteiger partial charge in [0.1, 0.15) is 11.6 Å². The van der Waals surface area contributed by atoms with Gasteiger partial charge in [-0.3, -0.25) is 0 Å². The largest absolute Gasteiger partial charge is 0.497 e. The van der Waals surface area contributed by atoms with Gasteiger partial charge in [0, 0.05) is 12.7 Å². The zero-order valence-electron chi connectivity index (χ0n) is 11.5. The van der Waals surface area contributed by atoms with E-state index in [1.807, 2.05) is 24.3 Å². The first kappa shape index (κ1) is 15.1. The molecule has 0 bridgehead atoms. The van der Waals surface area contributed by atoms with Gasteiger partial charge >= 0.3 is 5.97 Å². The summed E-state index contributed by atoms with van der Waals surface area (Å²) in [6, 6.07) is 9.20. The third-order valence-corrected chi connectivity index (χ3v) is 3.24. The van der Waals surface area contributed by atoms with Crippen LogP contribution in [-0.2, 0) is 6.42 Å². The Hall–Kier alpha value is -2.27. The van der Waals surface area contributed by atoms with Crippen LogP contribution in [0.5, 0.6) is 5.75 Å². The number of hydrogen-bond donors (Lipinski definition) is 2. The molecule has 0 saturated carbocycles. The van der Waals surface area contributed by atoms with Gasteiger partial charge in [-0.15, -0.1) is 0 Å². The van der Waals surface area contributed by atoms with E-state index in [2.05, 4.69) is 10.3 Å². The van der Waals surface area contributed by atoms with Gasteiger partial charge in [-0.05, 0) is 30.2 Å². The number of methoxy groups -OCH3 is 1. The fourth-order valence-electron chi connectivity index (χ4n) is 1.86. The van der Waals surface area contributed by atoms with Crippen LogP contribution in [-0.4, -0.2) is 29.7 Å². The minimum Gasteiger partial charge on any atom is -0.497 e. The van der Waals surface area contributed by atoms with E-state index < -0.39 is 5.97 Å². The quantitative estimate of drug-likeness (QED) is 0.858. The first-order valence-electron chi connectivity index (χ1n) is 6.36. The predicted octanol–water partition coefficient (Wildman–Crippen LogP) is 3.10. The number of carboxylic acids is 1. The summed E-state index contributed by atoms with van der Waals surface area (Å²) in [6.07, 6.45) is 2.10. The van der Waals surface area contributed by atoms with Crippen molar-refractivity contribution in [3.05, 3.63) is 52.7 Å². The first-order valence-corrected chi connectivity index (χ1v) is 6.73. The van der Waals surface area contributed by atoms with Crippen molar-refractivity contribution in [3.63, 3.8) is 0 Å². The zero-order chi connectivity index (χ0) is 15.2. The van der Waals surface area contributed by atoms with Crippen molar-refractivity contribution in [3.8, 4) is 5.75 Å². The third-order valence-electron chi connectivity index (χ3n) is 2.94. The van der Waals surface area contributed by atoms with E-state index in [-0.39, 0.29) is 10.6 Å². The molecule has 2 rings (SSSR count). The maximum atomic E-state index is 11.0. The highest BCUT2D eigenvalue weighted by Crippen LogP contribution is 2.18. The Bertz CT molecular complexity index is 647. The number of aromatic nitrogens is 1. The van der Waals surface area contributed by atoms with E-state index in [9.17, 15) is 4.79 Å². The second-order valence-electron chi connectivity index (χ2n) is 4.38. The molecule has 0 aliphatic heterocycles. The van der Waals surface area contributed by atoms with Crippen molar-refractivity contribution in [2.45, 2.75) is 6.42 Å². The van der Waals surface area contributed by atoms with Gasteiger partial charge in [-0.25, -0.2) is 9.78 Å². The highest BCUT2D eigenvalue weighted by atomic mass is 35.5. The number of ether oxygens (including phenoxy) is 1. The minimum absolute atomic E-state index is 0.0375. The van der Waals surface area contributed by atoms with Crippen LogP contribution in [0.2, 0.25) is 5.02 Å². The number of carboxylic acid groups (broad SMARTS) is 1. The Kier molecular flexibility index (Phi) is 5.00. The zero-order valence-corrected chi connectivity index (χ0v) is 12.2. The van der Waals surface area contributed by atoms with Gasteiger partial charge < -0.3 is 15.2 Å². The van der Waals surface area contributed by atoms with E-state index in [4.69, 9.17) is 21.4 Å². The van der Waals surface area contributed by atoms with Crippen molar-refractivity contribution in [2.24, 2.45) is 0 Å². The lowest BCUT2D eigenvalue weighted by atomic mass is 10.1. The Balaban J connectivity index is 1.97. The molecule has 2 aromatic rings. The summed E-state index contributed by atoms with van der Waals surface area (Å²) in [5.74, 6) is 0.225. The maximum Gasteiger partial charge on any atom is 0.337 e. The van der Waals surface area contributed by atoms with Crippen LogP contribution in [0, 0.1) is 0 Å². The topological polar surface area (TPSA) is 71.5 Å². The molecule has 0 spiro atoms. The van der Waals surface area contributed by atoms with E-state index in [0.29, 0.717) is 12.4 Å². The lowest BCUT2D eigenvalue weighted by Gasteiger charge is -2.08. The lowest BCUT2D eigenvalue weighted by Crippen LogP contribution is -2.08. The molecule has 0 aliphatic rings. The number of benzene rings is 1. The second-order valence-corrected chi connectivity index (χ2v) is 4.79. The number of anilines is 1. The second kappa shape index (κ2) is 6.95. The van der Waals surface area contributed by atoms with E-state index >= 15 is 0 Å². The normalized spacial score (nSPS) is 10.2. The number of hydrogen-bond acceptors (Lipinski definition) is 4. The summed E-state index contributed by atoms with van der Waals surface area (Å²) < 4.78 is 5.16. The number of nitrogens with one attached hydrogen (secondary N) is 1. The lowest BCUT2D eigenvalue weighted by molar-refractivity contribution is 0.0697. The average Bonchev–Trinajstić information content (AvgIpc) is 2.49. The smallest absolute Gasteiger partial charge is 0.337 e. The van der Waals surface area contributed by atoms with Crippen LogP contribution in [0.4, 0.5) is 5.82 Å². The van der Waals surface area contributed by atoms with Gasteiger partial charge in [0.25, 0.3) is 0 Å². The molecule has 0 amide bonds. The molecule has 0 saturated heterocycles. The fourth-order valence-corrected chi connectivity index (χ4v) is 2.05. The van der Waals surface area contributed by atoms with Gasteiger partial charge in [0.05, 0.1) is 17.7 Å². The average molecular weight is 307 g/mol. The molecule has 21 heavy (non-hydrogen) atoms. The van der Waals surface area contributed by atoms with Crippen molar-refractivity contribution in [1.29, 1.82) is 0 Å². The Morgan fingerprint density at radius 2 is 2.24 bits per heavy atom. The van der Waals surface area contributed by atoms with Gasteiger partial charge in [0.2, 0.25) is 0 Å². The molecule has 2 N–H and O–H groups in total. The van der Waals surface area contributed by atoms with Crippen molar-refractivity contribution >= 4 is 23.4 Å². The van der Waals surface area contributed by atoms with Crippen LogP contribution in [0.3, 0.4) is 0 Å². The number of aromatic carboxylic acids is 1. The van der Waals surface area contributed by atoms with E-state index in [0.717, 1.165) is 17.7 Å². The molecule has 1 heterocycles. The van der Waals surface area contributed by atoms with Crippen molar-refractivity contribution in [1.82, 2.24) is 4.98 Å². The van der Waals surface area contributed by atoms with Crippen molar-refractivity contribution < 1.29 is 14.6 Å². The molecule has 0 fully saturated rings. The summed E-state index contributed by atoms with van der Waals surface area (Å²) in [4.78, 5) is 15.0. The van der Waals surface area contributed by atoms with Crippen LogP contribution >= 0.6 is 11.6 Å². The third kappa shape index (κ3) is 4.10. The first-order chi connectivity index (χ1) is 10.1. The number of nitrogens with zero attached hydrogens (tertiary/aromatic N) is 1. The highest BCUT2D eigenvalue weighted by molar-refractivity contribution is 6.33. The summed E-state index contributed by atoms with van der Waals surface area (Å²) in [5, 5.41) is 12.2. The Labute approximate surface area is 127 Å². The number of carbonyl (C=O) groups is 1.